The first-order valence-corrected chi connectivity index (χ1v) is 7.62. The zero-order valence-electron chi connectivity index (χ0n) is 12.5. The Kier molecular flexibility index (Phi) is 3.93. The number of rotatable bonds is 3. The second-order valence-corrected chi connectivity index (χ2v) is 6.18. The average Bonchev–Trinajstić information content (AvgIpc) is 2.79. The van der Waals surface area contributed by atoms with Crippen LogP contribution in [0.4, 0.5) is 8.78 Å². The van der Waals surface area contributed by atoms with Crippen molar-refractivity contribution < 1.29 is 8.78 Å². The number of benzene rings is 1. The standard InChI is InChI=1S/C16H21F2N3/c1-10(2)16-20-14-7-12(17)13(18)8-15(14)21(16)9-11-3-5-19-6-4-11/h7-8,10-11,19H,3-6,9H2,1-2H3. The molecule has 3 rings (SSSR count). The van der Waals surface area contributed by atoms with Gasteiger partial charge in [0.2, 0.25) is 0 Å². The lowest BCUT2D eigenvalue weighted by molar-refractivity contribution is 0.331. The number of nitrogens with zero attached hydrogens (tertiary/aromatic N) is 2. The number of nitrogens with one attached hydrogen (secondary N) is 1. The summed E-state index contributed by atoms with van der Waals surface area (Å²) in [5, 5.41) is 3.35. The molecule has 1 aliphatic heterocycles. The number of hydrogen-bond acceptors (Lipinski definition) is 2. The molecule has 0 amide bonds. The minimum atomic E-state index is -0.829. The van der Waals surface area contributed by atoms with Gasteiger partial charge >= 0.3 is 0 Å². The van der Waals surface area contributed by atoms with Gasteiger partial charge in [-0.2, -0.15) is 0 Å². The van der Waals surface area contributed by atoms with Gasteiger partial charge in [0.25, 0.3) is 0 Å². The van der Waals surface area contributed by atoms with E-state index in [1.807, 2.05) is 0 Å². The molecule has 1 aliphatic rings. The first-order chi connectivity index (χ1) is 10.1. The molecule has 1 aromatic carbocycles. The van der Waals surface area contributed by atoms with E-state index in [2.05, 4.69) is 28.7 Å². The highest BCUT2D eigenvalue weighted by Crippen LogP contribution is 2.26. The summed E-state index contributed by atoms with van der Waals surface area (Å²) in [6.45, 7) is 7.01. The molecule has 21 heavy (non-hydrogen) atoms. The normalized spacial score (nSPS) is 17.0. The molecule has 0 atom stereocenters. The van der Waals surface area contributed by atoms with Crippen LogP contribution in [0.1, 0.15) is 38.4 Å². The second-order valence-electron chi connectivity index (χ2n) is 6.18. The number of piperidine rings is 1. The second kappa shape index (κ2) is 5.72. The van der Waals surface area contributed by atoms with E-state index in [1.54, 1.807) is 0 Å². The minimum Gasteiger partial charge on any atom is -0.327 e. The van der Waals surface area contributed by atoms with Crippen LogP contribution in [-0.2, 0) is 6.54 Å². The first kappa shape index (κ1) is 14.4. The van der Waals surface area contributed by atoms with E-state index in [1.165, 1.54) is 12.1 Å². The molecule has 2 aromatic rings. The number of fused-ring (bicyclic) bond motifs is 1. The smallest absolute Gasteiger partial charge is 0.161 e. The van der Waals surface area contributed by atoms with Crippen molar-refractivity contribution in [1.29, 1.82) is 0 Å². The lowest BCUT2D eigenvalue weighted by Gasteiger charge is -2.24. The molecule has 0 unspecified atom stereocenters. The summed E-state index contributed by atoms with van der Waals surface area (Å²) in [6.07, 6.45) is 2.22. The highest BCUT2D eigenvalue weighted by atomic mass is 19.2. The average molecular weight is 293 g/mol. The van der Waals surface area contributed by atoms with E-state index in [4.69, 9.17) is 0 Å². The third kappa shape index (κ3) is 2.79. The van der Waals surface area contributed by atoms with E-state index in [9.17, 15) is 8.78 Å². The lowest BCUT2D eigenvalue weighted by atomic mass is 9.98. The summed E-state index contributed by atoms with van der Waals surface area (Å²) in [6, 6.07) is 2.49. The van der Waals surface area contributed by atoms with E-state index in [0.29, 0.717) is 17.0 Å². The number of aromatic nitrogens is 2. The summed E-state index contributed by atoms with van der Waals surface area (Å²) >= 11 is 0. The molecule has 1 aromatic heterocycles. The summed E-state index contributed by atoms with van der Waals surface area (Å²) in [7, 11) is 0. The van der Waals surface area contributed by atoms with Gasteiger partial charge in [0.1, 0.15) is 5.82 Å². The predicted octanol–water partition coefficient (Wildman–Crippen LogP) is 3.44. The predicted molar refractivity (Wildman–Crippen MR) is 79.3 cm³/mol. The van der Waals surface area contributed by atoms with Gasteiger partial charge in [-0.1, -0.05) is 13.8 Å². The largest absolute Gasteiger partial charge is 0.327 e. The van der Waals surface area contributed by atoms with Gasteiger partial charge in [-0.3, -0.25) is 0 Å². The van der Waals surface area contributed by atoms with Gasteiger partial charge < -0.3 is 9.88 Å². The topological polar surface area (TPSA) is 29.9 Å². The number of imidazole rings is 1. The Labute approximate surface area is 123 Å². The van der Waals surface area contributed by atoms with Crippen LogP contribution in [-0.4, -0.2) is 22.6 Å². The molecule has 0 radical (unpaired) electrons. The summed E-state index contributed by atoms with van der Waals surface area (Å²) in [5.74, 6) is 0.0709. The zero-order chi connectivity index (χ0) is 15.0. The van der Waals surface area contributed by atoms with Crippen LogP contribution in [0.15, 0.2) is 12.1 Å². The SMILES string of the molecule is CC(C)c1nc2cc(F)c(F)cc2n1CC1CCNCC1. The quantitative estimate of drug-likeness (QED) is 0.939. The van der Waals surface area contributed by atoms with Crippen LogP contribution in [0, 0.1) is 17.6 Å². The summed E-state index contributed by atoms with van der Waals surface area (Å²) in [4.78, 5) is 4.52. The van der Waals surface area contributed by atoms with Gasteiger partial charge in [0.05, 0.1) is 11.0 Å². The molecular formula is C16H21F2N3. The van der Waals surface area contributed by atoms with Crippen LogP contribution < -0.4 is 5.32 Å². The highest BCUT2D eigenvalue weighted by molar-refractivity contribution is 5.76. The fourth-order valence-corrected chi connectivity index (χ4v) is 3.09. The van der Waals surface area contributed by atoms with Gasteiger partial charge in [-0.15, -0.1) is 0 Å². The molecule has 114 valence electrons. The van der Waals surface area contributed by atoms with Crippen molar-refractivity contribution in [3.8, 4) is 0 Å². The molecule has 2 heterocycles. The molecule has 0 bridgehead atoms. The van der Waals surface area contributed by atoms with Crippen molar-refractivity contribution in [1.82, 2.24) is 14.9 Å². The van der Waals surface area contributed by atoms with Crippen molar-refractivity contribution >= 4 is 11.0 Å². The van der Waals surface area contributed by atoms with Crippen molar-refractivity contribution in [2.24, 2.45) is 5.92 Å². The van der Waals surface area contributed by atoms with Crippen LogP contribution in [0.5, 0.6) is 0 Å². The van der Waals surface area contributed by atoms with E-state index < -0.39 is 11.6 Å². The Morgan fingerprint density at radius 3 is 2.57 bits per heavy atom. The molecule has 3 nitrogen and oxygen atoms in total. The monoisotopic (exact) mass is 293 g/mol. The minimum absolute atomic E-state index is 0.227. The third-order valence-corrected chi connectivity index (χ3v) is 4.24. The number of hydrogen-bond donors (Lipinski definition) is 1. The van der Waals surface area contributed by atoms with Crippen molar-refractivity contribution in [3.63, 3.8) is 0 Å². The molecule has 0 saturated carbocycles. The van der Waals surface area contributed by atoms with Gasteiger partial charge in [-0.25, -0.2) is 13.8 Å². The van der Waals surface area contributed by atoms with Crippen LogP contribution >= 0.6 is 0 Å². The van der Waals surface area contributed by atoms with E-state index in [-0.39, 0.29) is 5.92 Å². The molecule has 1 saturated heterocycles. The molecule has 1 fully saturated rings. The Morgan fingerprint density at radius 1 is 1.24 bits per heavy atom. The maximum absolute atomic E-state index is 13.6. The number of halogens is 2. The summed E-state index contributed by atoms with van der Waals surface area (Å²) < 4.78 is 29.1. The van der Waals surface area contributed by atoms with Crippen LogP contribution in [0.2, 0.25) is 0 Å². The Balaban J connectivity index is 2.04. The van der Waals surface area contributed by atoms with Crippen LogP contribution in [0.25, 0.3) is 11.0 Å². The van der Waals surface area contributed by atoms with Crippen LogP contribution in [0.3, 0.4) is 0 Å². The molecular weight excluding hydrogens is 272 g/mol. The zero-order valence-corrected chi connectivity index (χ0v) is 12.5. The van der Waals surface area contributed by atoms with Crippen molar-refractivity contribution in [3.05, 3.63) is 29.6 Å². The maximum atomic E-state index is 13.6. The molecule has 1 N–H and O–H groups in total. The van der Waals surface area contributed by atoms with Crippen molar-refractivity contribution in [2.45, 2.75) is 39.2 Å². The first-order valence-electron chi connectivity index (χ1n) is 7.62. The maximum Gasteiger partial charge on any atom is 0.161 e. The van der Waals surface area contributed by atoms with Crippen molar-refractivity contribution in [2.75, 3.05) is 13.1 Å². The van der Waals surface area contributed by atoms with E-state index >= 15 is 0 Å². The highest BCUT2D eigenvalue weighted by Gasteiger charge is 2.20. The molecule has 0 aliphatic carbocycles. The molecule has 5 heteroatoms. The fraction of sp³-hybridized carbons (Fsp3) is 0.562. The van der Waals surface area contributed by atoms with E-state index in [0.717, 1.165) is 38.3 Å². The summed E-state index contributed by atoms with van der Waals surface area (Å²) in [5.41, 5.74) is 1.25. The fourth-order valence-electron chi connectivity index (χ4n) is 3.09. The Bertz CT molecular complexity index is 642. The van der Waals surface area contributed by atoms with Gasteiger partial charge in [-0.05, 0) is 31.8 Å². The third-order valence-electron chi connectivity index (χ3n) is 4.24. The van der Waals surface area contributed by atoms with Gasteiger partial charge in [0.15, 0.2) is 11.6 Å². The Morgan fingerprint density at radius 2 is 1.90 bits per heavy atom. The molecule has 0 spiro atoms. The van der Waals surface area contributed by atoms with Gasteiger partial charge in [0, 0.05) is 24.6 Å². The lowest BCUT2D eigenvalue weighted by Crippen LogP contribution is -2.30. The Hall–Kier alpha value is -1.49.